The molecule has 0 radical (unpaired) electrons. The van der Waals surface area contributed by atoms with Crippen LogP contribution in [0.4, 0.5) is 11.4 Å². The van der Waals surface area contributed by atoms with Crippen LogP contribution in [0, 0.1) is 6.92 Å². The maximum atomic E-state index is 10.8. The summed E-state index contributed by atoms with van der Waals surface area (Å²) in [6.45, 7) is 1.50. The first-order valence-corrected chi connectivity index (χ1v) is 4.01. The second-order valence-corrected chi connectivity index (χ2v) is 3.06. The molecule has 0 aliphatic carbocycles. The SMILES string of the molecule is Cc1cc(N)c(C(=O)O)c(N)c1C(=O)O. The standard InChI is InChI=1S/C9H10N2O4/c1-3-2-4(10)6(9(14)15)7(11)5(3)8(12)13/h2H,10-11H2,1H3,(H,12,13)(H,14,15). The van der Waals surface area contributed by atoms with E-state index in [0.29, 0.717) is 5.56 Å². The molecule has 6 nitrogen and oxygen atoms in total. The summed E-state index contributed by atoms with van der Waals surface area (Å²) in [5.74, 6) is -2.61. The average molecular weight is 210 g/mol. The summed E-state index contributed by atoms with van der Waals surface area (Å²) in [6.07, 6.45) is 0. The van der Waals surface area contributed by atoms with Gasteiger partial charge in [0.25, 0.3) is 0 Å². The van der Waals surface area contributed by atoms with Gasteiger partial charge in [-0.25, -0.2) is 9.59 Å². The molecule has 6 N–H and O–H groups in total. The van der Waals surface area contributed by atoms with E-state index in [1.54, 1.807) is 0 Å². The Morgan fingerprint density at radius 2 is 1.60 bits per heavy atom. The number of hydrogen-bond donors (Lipinski definition) is 4. The van der Waals surface area contributed by atoms with E-state index in [-0.39, 0.29) is 22.5 Å². The van der Waals surface area contributed by atoms with E-state index in [4.69, 9.17) is 21.7 Å². The normalized spacial score (nSPS) is 9.93. The summed E-state index contributed by atoms with van der Waals surface area (Å²) in [4.78, 5) is 21.6. The number of carboxylic acids is 2. The summed E-state index contributed by atoms with van der Waals surface area (Å²) < 4.78 is 0. The molecule has 0 aliphatic heterocycles. The van der Waals surface area contributed by atoms with Crippen molar-refractivity contribution in [1.29, 1.82) is 0 Å². The van der Waals surface area contributed by atoms with Crippen LogP contribution in [0.15, 0.2) is 6.07 Å². The average Bonchev–Trinajstić information content (AvgIpc) is 1.99. The van der Waals surface area contributed by atoms with Gasteiger partial charge in [-0.05, 0) is 18.6 Å². The van der Waals surface area contributed by atoms with Crippen molar-refractivity contribution in [3.05, 3.63) is 22.8 Å². The van der Waals surface area contributed by atoms with Crippen molar-refractivity contribution in [3.8, 4) is 0 Å². The van der Waals surface area contributed by atoms with Crippen LogP contribution in [0.3, 0.4) is 0 Å². The van der Waals surface area contributed by atoms with Gasteiger partial charge in [-0.1, -0.05) is 0 Å². The van der Waals surface area contributed by atoms with E-state index in [9.17, 15) is 9.59 Å². The number of benzene rings is 1. The third-order valence-electron chi connectivity index (χ3n) is 2.02. The Morgan fingerprint density at radius 3 is 2.00 bits per heavy atom. The molecular formula is C9H10N2O4. The van der Waals surface area contributed by atoms with E-state index in [1.807, 2.05) is 0 Å². The van der Waals surface area contributed by atoms with Crippen LogP contribution in [0.1, 0.15) is 26.3 Å². The number of anilines is 2. The number of aromatic carboxylic acids is 2. The highest BCUT2D eigenvalue weighted by atomic mass is 16.4. The second-order valence-electron chi connectivity index (χ2n) is 3.06. The van der Waals surface area contributed by atoms with Crippen LogP contribution in [0.5, 0.6) is 0 Å². The molecule has 0 aromatic heterocycles. The highest BCUT2D eigenvalue weighted by molar-refractivity contribution is 6.07. The number of rotatable bonds is 2. The highest BCUT2D eigenvalue weighted by Gasteiger charge is 2.21. The number of aryl methyl sites for hydroxylation is 1. The maximum absolute atomic E-state index is 10.8. The van der Waals surface area contributed by atoms with E-state index < -0.39 is 11.9 Å². The van der Waals surface area contributed by atoms with Gasteiger partial charge in [-0.3, -0.25) is 0 Å². The van der Waals surface area contributed by atoms with Gasteiger partial charge in [0.2, 0.25) is 0 Å². The summed E-state index contributed by atoms with van der Waals surface area (Å²) >= 11 is 0. The van der Waals surface area contributed by atoms with Gasteiger partial charge < -0.3 is 21.7 Å². The molecule has 0 spiro atoms. The molecule has 0 bridgehead atoms. The molecule has 1 aromatic carbocycles. The second kappa shape index (κ2) is 3.49. The van der Waals surface area contributed by atoms with Crippen LogP contribution in [-0.4, -0.2) is 22.2 Å². The fraction of sp³-hybridized carbons (Fsp3) is 0.111. The maximum Gasteiger partial charge on any atom is 0.339 e. The fourth-order valence-corrected chi connectivity index (χ4v) is 1.39. The van der Waals surface area contributed by atoms with Gasteiger partial charge in [-0.15, -0.1) is 0 Å². The Bertz CT molecular complexity index is 416. The lowest BCUT2D eigenvalue weighted by atomic mass is 10.00. The zero-order chi connectivity index (χ0) is 11.7. The molecule has 0 heterocycles. The van der Waals surface area contributed by atoms with E-state index in [2.05, 4.69) is 0 Å². The molecule has 0 fully saturated rings. The van der Waals surface area contributed by atoms with E-state index in [1.165, 1.54) is 13.0 Å². The van der Waals surface area contributed by atoms with Crippen LogP contribution >= 0.6 is 0 Å². The van der Waals surface area contributed by atoms with Gasteiger partial charge in [0, 0.05) is 5.69 Å². The van der Waals surface area contributed by atoms with Crippen LogP contribution < -0.4 is 11.5 Å². The van der Waals surface area contributed by atoms with Crippen LogP contribution in [0.2, 0.25) is 0 Å². The molecule has 0 atom stereocenters. The molecule has 80 valence electrons. The molecule has 1 rings (SSSR count). The van der Waals surface area contributed by atoms with Gasteiger partial charge >= 0.3 is 11.9 Å². The summed E-state index contributed by atoms with van der Waals surface area (Å²) in [6, 6.07) is 1.28. The number of carboxylic acid groups (broad SMARTS) is 2. The van der Waals surface area contributed by atoms with Crippen molar-refractivity contribution in [1.82, 2.24) is 0 Å². The van der Waals surface area contributed by atoms with Gasteiger partial charge in [0.1, 0.15) is 5.56 Å². The molecule has 0 saturated heterocycles. The number of hydrogen-bond acceptors (Lipinski definition) is 4. The van der Waals surface area contributed by atoms with Crippen molar-refractivity contribution >= 4 is 23.3 Å². The van der Waals surface area contributed by atoms with Crippen molar-refractivity contribution in [2.24, 2.45) is 0 Å². The van der Waals surface area contributed by atoms with E-state index in [0.717, 1.165) is 0 Å². The van der Waals surface area contributed by atoms with Crippen molar-refractivity contribution < 1.29 is 19.8 Å². The monoisotopic (exact) mass is 210 g/mol. The minimum absolute atomic E-state index is 0.0394. The third-order valence-corrected chi connectivity index (χ3v) is 2.02. The first kappa shape index (κ1) is 10.8. The number of nitrogens with two attached hydrogens (primary N) is 2. The smallest absolute Gasteiger partial charge is 0.339 e. The summed E-state index contributed by atoms with van der Waals surface area (Å²) in [7, 11) is 0. The zero-order valence-electron chi connectivity index (χ0n) is 7.94. The molecule has 0 unspecified atom stereocenters. The molecule has 1 aromatic rings. The van der Waals surface area contributed by atoms with Gasteiger partial charge in [0.15, 0.2) is 0 Å². The Hall–Kier alpha value is -2.24. The van der Waals surface area contributed by atoms with Gasteiger partial charge in [0.05, 0.1) is 11.3 Å². The molecule has 0 saturated carbocycles. The predicted molar refractivity (Wildman–Crippen MR) is 53.9 cm³/mol. The Labute approximate surface area is 85.1 Å². The summed E-state index contributed by atoms with van der Waals surface area (Å²) in [5, 5.41) is 17.6. The lowest BCUT2D eigenvalue weighted by Gasteiger charge is -2.10. The largest absolute Gasteiger partial charge is 0.478 e. The molecule has 15 heavy (non-hydrogen) atoms. The first-order valence-electron chi connectivity index (χ1n) is 4.01. The number of carbonyl (C=O) groups is 2. The minimum atomic E-state index is -1.34. The lowest BCUT2D eigenvalue weighted by Crippen LogP contribution is -2.13. The van der Waals surface area contributed by atoms with Crippen molar-refractivity contribution in [2.45, 2.75) is 6.92 Å². The highest BCUT2D eigenvalue weighted by Crippen LogP contribution is 2.27. The molecule has 6 heteroatoms. The van der Waals surface area contributed by atoms with Crippen molar-refractivity contribution in [3.63, 3.8) is 0 Å². The summed E-state index contributed by atoms with van der Waals surface area (Å²) in [5.41, 5.74) is 10.3. The molecule has 0 amide bonds. The van der Waals surface area contributed by atoms with Crippen LogP contribution in [-0.2, 0) is 0 Å². The fourth-order valence-electron chi connectivity index (χ4n) is 1.39. The van der Waals surface area contributed by atoms with Crippen molar-refractivity contribution in [2.75, 3.05) is 11.5 Å². The number of nitrogen functional groups attached to an aromatic ring is 2. The lowest BCUT2D eigenvalue weighted by molar-refractivity contribution is 0.0695. The Morgan fingerprint density at radius 1 is 1.13 bits per heavy atom. The zero-order valence-corrected chi connectivity index (χ0v) is 7.94. The topological polar surface area (TPSA) is 127 Å². The molecule has 0 aliphatic rings. The molecular weight excluding hydrogens is 200 g/mol. The quantitative estimate of drug-likeness (QED) is 0.528. The first-order chi connectivity index (χ1) is 6.86. The Balaban J connectivity index is 3.64. The Kier molecular flexibility index (Phi) is 2.52. The minimum Gasteiger partial charge on any atom is -0.478 e. The van der Waals surface area contributed by atoms with Gasteiger partial charge in [-0.2, -0.15) is 0 Å². The third kappa shape index (κ3) is 1.69. The predicted octanol–water partition coefficient (Wildman–Crippen LogP) is 0.556. The van der Waals surface area contributed by atoms with Crippen LogP contribution in [0.25, 0.3) is 0 Å². The van der Waals surface area contributed by atoms with E-state index >= 15 is 0 Å².